The molecule has 4 heterocycles. The van der Waals surface area contributed by atoms with E-state index in [1.807, 2.05) is 7.05 Å². The van der Waals surface area contributed by atoms with E-state index >= 15 is 0 Å². The van der Waals surface area contributed by atoms with Crippen LogP contribution in [0.4, 0.5) is 5.13 Å². The standard InChI is InChI=1S/C19H24N6O7S2/c1-25(4-10(26)11(27)5-25)3-8-6-33-17-13(16(29)24(17)14(8)18(30)31)22-15(28)12(23-32-2)9-7-34-19(20)21-9/h7,10-11,13,17,26-27H,3-6H2,1-2H3,(H3-,20,21,22,28,30,31)/p+1/b23-12-/t10-,11-,13+,17+/m0/s1. The van der Waals surface area contributed by atoms with Crippen LogP contribution in [0.3, 0.4) is 0 Å². The van der Waals surface area contributed by atoms with Gasteiger partial charge in [0.25, 0.3) is 11.8 Å². The number of likely N-dealkylation sites (tertiary alicyclic amines) is 1. The smallest absolute Gasteiger partial charge is 0.352 e. The first-order valence-electron chi connectivity index (χ1n) is 10.3. The number of quaternary nitrogens is 1. The molecular weight excluding hydrogens is 488 g/mol. The van der Waals surface area contributed by atoms with Crippen molar-refractivity contribution in [2.24, 2.45) is 5.16 Å². The molecule has 0 radical (unpaired) electrons. The molecule has 13 nitrogen and oxygen atoms in total. The number of hydrogen-bond acceptors (Lipinski definition) is 11. The lowest BCUT2D eigenvalue weighted by Crippen LogP contribution is -2.71. The number of nitrogen functional groups attached to an aromatic ring is 1. The molecule has 0 saturated carbocycles. The fourth-order valence-corrected chi connectivity index (χ4v) is 6.40. The number of carbonyl (C=O) groups excluding carboxylic acids is 2. The van der Waals surface area contributed by atoms with Gasteiger partial charge in [0.05, 0.1) is 7.05 Å². The molecule has 0 unspecified atom stereocenters. The highest BCUT2D eigenvalue weighted by Gasteiger charge is 2.55. The maximum atomic E-state index is 12.9. The summed E-state index contributed by atoms with van der Waals surface area (Å²) >= 11 is 2.45. The summed E-state index contributed by atoms with van der Waals surface area (Å²) in [5, 5.41) is 37.2. The molecular formula is C19H25N6O7S2+. The van der Waals surface area contributed by atoms with Crippen LogP contribution in [0.25, 0.3) is 0 Å². The lowest BCUT2D eigenvalue weighted by atomic mass is 10.0. The number of fused-ring (bicyclic) bond motifs is 1. The molecule has 2 fully saturated rings. The van der Waals surface area contributed by atoms with Gasteiger partial charge in [-0.25, -0.2) is 9.78 Å². The number of carboxylic acid groups (broad SMARTS) is 1. The third-order valence-electron chi connectivity index (χ3n) is 5.97. The molecule has 15 heteroatoms. The highest BCUT2D eigenvalue weighted by molar-refractivity contribution is 8.00. The molecule has 3 aliphatic heterocycles. The fourth-order valence-electron chi connectivity index (χ4n) is 4.52. The first-order valence-corrected chi connectivity index (χ1v) is 12.2. The van der Waals surface area contributed by atoms with E-state index in [0.717, 1.165) is 11.3 Å². The number of aromatic nitrogens is 1. The normalized spacial score (nSPS) is 28.4. The summed E-state index contributed by atoms with van der Waals surface area (Å²) in [4.78, 5) is 47.8. The Labute approximate surface area is 202 Å². The zero-order valence-electron chi connectivity index (χ0n) is 18.4. The number of oxime groups is 1. The number of β-lactam (4-membered cyclic amide) rings is 1. The predicted octanol–water partition coefficient (Wildman–Crippen LogP) is -2.00. The molecule has 0 aliphatic carbocycles. The maximum absolute atomic E-state index is 12.9. The predicted molar refractivity (Wildman–Crippen MR) is 123 cm³/mol. The van der Waals surface area contributed by atoms with Crippen LogP contribution in [0.15, 0.2) is 21.8 Å². The number of amides is 2. The quantitative estimate of drug-likeness (QED) is 0.118. The van der Waals surface area contributed by atoms with Crippen molar-refractivity contribution in [3.05, 3.63) is 22.3 Å². The summed E-state index contributed by atoms with van der Waals surface area (Å²) in [5.41, 5.74) is 6.09. The molecule has 4 atom stereocenters. The van der Waals surface area contributed by atoms with Gasteiger partial charge in [-0.2, -0.15) is 0 Å². The minimum Gasteiger partial charge on any atom is -0.477 e. The maximum Gasteiger partial charge on any atom is 0.352 e. The van der Waals surface area contributed by atoms with Gasteiger partial charge in [0.1, 0.15) is 61.8 Å². The molecule has 184 valence electrons. The van der Waals surface area contributed by atoms with E-state index in [1.54, 1.807) is 0 Å². The van der Waals surface area contributed by atoms with E-state index in [1.165, 1.54) is 29.2 Å². The molecule has 6 N–H and O–H groups in total. The van der Waals surface area contributed by atoms with Gasteiger partial charge in [-0.1, -0.05) is 5.16 Å². The summed E-state index contributed by atoms with van der Waals surface area (Å²) in [5.74, 6) is -2.18. The molecule has 4 rings (SSSR count). The number of nitrogens with zero attached hydrogens (tertiary/aromatic N) is 4. The monoisotopic (exact) mass is 513 g/mol. The topological polar surface area (TPSA) is 188 Å². The molecule has 1 aromatic rings. The number of nitrogens with one attached hydrogen (secondary N) is 1. The summed E-state index contributed by atoms with van der Waals surface area (Å²) in [6.07, 6.45) is -1.77. The lowest BCUT2D eigenvalue weighted by Gasteiger charge is -2.49. The number of hydrogen-bond donors (Lipinski definition) is 5. The second-order valence-electron chi connectivity index (χ2n) is 8.59. The number of anilines is 1. The van der Waals surface area contributed by atoms with Crippen molar-refractivity contribution in [2.75, 3.05) is 45.3 Å². The number of likely N-dealkylation sites (N-methyl/N-ethyl adjacent to an activating group) is 1. The Balaban J connectivity index is 1.52. The Morgan fingerprint density at radius 1 is 1.38 bits per heavy atom. The average Bonchev–Trinajstić information content (AvgIpc) is 3.30. The Hall–Kier alpha value is -2.72. The number of carbonyl (C=O) groups is 3. The van der Waals surface area contributed by atoms with Crippen molar-refractivity contribution in [1.82, 2.24) is 15.2 Å². The Morgan fingerprint density at radius 3 is 2.62 bits per heavy atom. The molecule has 34 heavy (non-hydrogen) atoms. The third kappa shape index (κ3) is 4.36. The summed E-state index contributed by atoms with van der Waals surface area (Å²) in [7, 11) is 3.09. The molecule has 0 spiro atoms. The van der Waals surface area contributed by atoms with Crippen LogP contribution in [-0.2, 0) is 19.2 Å². The zero-order chi connectivity index (χ0) is 24.8. The van der Waals surface area contributed by atoms with Crippen molar-refractivity contribution in [2.45, 2.75) is 23.6 Å². The van der Waals surface area contributed by atoms with Crippen LogP contribution in [0.2, 0.25) is 0 Å². The zero-order valence-corrected chi connectivity index (χ0v) is 20.0. The minimum atomic E-state index is -1.25. The van der Waals surface area contributed by atoms with Gasteiger partial charge >= 0.3 is 5.97 Å². The molecule has 1 aromatic heterocycles. The Kier molecular flexibility index (Phi) is 6.56. The second kappa shape index (κ2) is 9.14. The molecule has 0 bridgehead atoms. The number of aliphatic hydroxyl groups excluding tert-OH is 2. The van der Waals surface area contributed by atoms with Gasteiger partial charge in [0.2, 0.25) is 0 Å². The van der Waals surface area contributed by atoms with Crippen molar-refractivity contribution in [1.29, 1.82) is 0 Å². The van der Waals surface area contributed by atoms with Crippen LogP contribution in [-0.4, -0.2) is 116 Å². The van der Waals surface area contributed by atoms with Crippen LogP contribution < -0.4 is 11.1 Å². The van der Waals surface area contributed by atoms with Crippen LogP contribution >= 0.6 is 23.1 Å². The lowest BCUT2D eigenvalue weighted by molar-refractivity contribution is -0.895. The number of aliphatic hydroxyl groups is 2. The summed E-state index contributed by atoms with van der Waals surface area (Å²) in [6.45, 7) is 0.828. The number of carboxylic acids is 1. The first-order chi connectivity index (χ1) is 16.0. The number of rotatable bonds is 7. The van der Waals surface area contributed by atoms with E-state index in [-0.39, 0.29) is 46.4 Å². The van der Waals surface area contributed by atoms with E-state index < -0.39 is 41.4 Å². The molecule has 2 saturated heterocycles. The number of aliphatic carboxylic acids is 1. The molecule has 2 amide bonds. The van der Waals surface area contributed by atoms with Gasteiger partial charge in [0, 0.05) is 16.7 Å². The summed E-state index contributed by atoms with van der Waals surface area (Å²) in [6, 6.07) is -0.952. The second-order valence-corrected chi connectivity index (χ2v) is 10.6. The van der Waals surface area contributed by atoms with Gasteiger partial charge in [-0.15, -0.1) is 23.1 Å². The average molecular weight is 514 g/mol. The largest absolute Gasteiger partial charge is 0.477 e. The molecule has 0 aromatic carbocycles. The van der Waals surface area contributed by atoms with Gasteiger partial charge in [0.15, 0.2) is 10.8 Å². The van der Waals surface area contributed by atoms with Crippen LogP contribution in [0, 0.1) is 0 Å². The highest BCUT2D eigenvalue weighted by Crippen LogP contribution is 2.41. The highest BCUT2D eigenvalue weighted by atomic mass is 32.2. The van der Waals surface area contributed by atoms with Crippen molar-refractivity contribution >= 4 is 51.7 Å². The Morgan fingerprint density at radius 2 is 2.06 bits per heavy atom. The van der Waals surface area contributed by atoms with Crippen molar-refractivity contribution in [3.63, 3.8) is 0 Å². The van der Waals surface area contributed by atoms with Gasteiger partial charge < -0.3 is 35.7 Å². The Bertz CT molecular complexity index is 1080. The minimum absolute atomic E-state index is 0.118. The number of thiazole rings is 1. The van der Waals surface area contributed by atoms with Crippen molar-refractivity contribution < 1.29 is 39.0 Å². The van der Waals surface area contributed by atoms with E-state index in [2.05, 4.69) is 15.5 Å². The van der Waals surface area contributed by atoms with Crippen LogP contribution in [0.5, 0.6) is 0 Å². The van der Waals surface area contributed by atoms with E-state index in [9.17, 15) is 29.7 Å². The summed E-state index contributed by atoms with van der Waals surface area (Å²) < 4.78 is 0.259. The first kappa shape index (κ1) is 24.4. The number of thioether (sulfide) groups is 1. The van der Waals surface area contributed by atoms with E-state index in [0.29, 0.717) is 11.3 Å². The number of nitrogens with two attached hydrogens (primary N) is 1. The van der Waals surface area contributed by atoms with Crippen molar-refractivity contribution in [3.8, 4) is 0 Å². The van der Waals surface area contributed by atoms with E-state index in [4.69, 9.17) is 10.6 Å². The van der Waals surface area contributed by atoms with Crippen LogP contribution in [0.1, 0.15) is 5.69 Å². The third-order valence-corrected chi connectivity index (χ3v) is 7.98. The molecule has 3 aliphatic rings. The van der Waals surface area contributed by atoms with Gasteiger partial charge in [-0.3, -0.25) is 14.5 Å². The SMILES string of the molecule is CO/N=C(\C(=O)N[C@@H]1C(=O)N2C(C(=O)O)=C(C[N+]3(C)C[C@H](O)[C@@H](O)C3)CS[C@H]12)c1csc(N)n1. The van der Waals surface area contributed by atoms with Gasteiger partial charge in [-0.05, 0) is 0 Å². The fraction of sp³-hybridized carbons (Fsp3) is 0.526.